The van der Waals surface area contributed by atoms with E-state index in [1.54, 1.807) is 18.2 Å². The Morgan fingerprint density at radius 2 is 2.00 bits per heavy atom. The molecule has 1 nitrogen and oxygen atoms in total. The van der Waals surface area contributed by atoms with E-state index in [0.29, 0.717) is 0 Å². The van der Waals surface area contributed by atoms with Crippen LogP contribution in [0.5, 0.6) is 0 Å². The summed E-state index contributed by atoms with van der Waals surface area (Å²) < 4.78 is 0. The summed E-state index contributed by atoms with van der Waals surface area (Å²) in [5.41, 5.74) is 1.43. The first-order valence-electron chi connectivity index (χ1n) is 6.39. The quantitative estimate of drug-likeness (QED) is 0.418. The highest BCUT2D eigenvalue weighted by Crippen LogP contribution is 2.07. The Morgan fingerprint density at radius 1 is 1.17 bits per heavy atom. The number of rotatable bonds is 7. The molecule has 1 N–H and O–H groups in total. The normalized spacial score (nSPS) is 11.9. The van der Waals surface area contributed by atoms with Gasteiger partial charge in [0.15, 0.2) is 0 Å². The minimum atomic E-state index is -0.129. The minimum absolute atomic E-state index is 0.129. The Hall–Kier alpha value is -1.15. The lowest BCUT2D eigenvalue weighted by Gasteiger charge is -2.05. The molecule has 0 heterocycles. The third-order valence-electron chi connectivity index (χ3n) is 2.40. The van der Waals surface area contributed by atoms with Crippen molar-refractivity contribution in [3.05, 3.63) is 23.8 Å². The summed E-state index contributed by atoms with van der Waals surface area (Å²) in [5.74, 6) is 11.4. The molecule has 0 rings (SSSR count). The first-order valence-corrected chi connectivity index (χ1v) is 6.83. The number of aliphatic hydroxyl groups excluding tert-OH is 1. The van der Waals surface area contributed by atoms with Crippen molar-refractivity contribution >= 4 is 11.6 Å². The van der Waals surface area contributed by atoms with Crippen molar-refractivity contribution in [2.75, 3.05) is 0 Å². The fraction of sp³-hybridized carbons (Fsp3) is 0.500. The van der Waals surface area contributed by atoms with Crippen LogP contribution in [-0.2, 0) is 0 Å². The van der Waals surface area contributed by atoms with Gasteiger partial charge in [-0.3, -0.25) is 0 Å². The predicted octanol–water partition coefficient (Wildman–Crippen LogP) is 4.02. The molecule has 1 atom stereocenters. The largest absolute Gasteiger partial charge is 0.393 e. The van der Waals surface area contributed by atoms with Crippen LogP contribution in [0.25, 0.3) is 0 Å². The summed E-state index contributed by atoms with van der Waals surface area (Å²) in [7, 11) is 0. The topological polar surface area (TPSA) is 20.2 Å². The standard InChI is InChI=1S/C16H21ClO/c1-2-16(18)14-12-10-8-6-4-3-5-7-9-11-13-15-17/h9,11,13,15-16,18H,2,6,8,10,12,14H2,1H3/b11-9+,15-13-. The average molecular weight is 265 g/mol. The van der Waals surface area contributed by atoms with Crippen LogP contribution in [0.3, 0.4) is 0 Å². The molecule has 0 radical (unpaired) electrons. The second kappa shape index (κ2) is 13.9. The molecule has 0 spiro atoms. The molecule has 0 aliphatic rings. The van der Waals surface area contributed by atoms with E-state index >= 15 is 0 Å². The minimum Gasteiger partial charge on any atom is -0.393 e. The molecule has 18 heavy (non-hydrogen) atoms. The van der Waals surface area contributed by atoms with Crippen LogP contribution >= 0.6 is 11.6 Å². The first-order chi connectivity index (χ1) is 8.81. The second-order valence-electron chi connectivity index (χ2n) is 3.91. The molecule has 2 heteroatoms. The highest BCUT2D eigenvalue weighted by molar-refractivity contribution is 6.25. The van der Waals surface area contributed by atoms with E-state index in [1.807, 2.05) is 6.92 Å². The van der Waals surface area contributed by atoms with Gasteiger partial charge < -0.3 is 5.11 Å². The van der Waals surface area contributed by atoms with Crippen molar-refractivity contribution in [3.8, 4) is 23.7 Å². The lowest BCUT2D eigenvalue weighted by Crippen LogP contribution is -2.03. The van der Waals surface area contributed by atoms with Crippen LogP contribution in [0, 0.1) is 23.7 Å². The van der Waals surface area contributed by atoms with Crippen molar-refractivity contribution in [2.24, 2.45) is 0 Å². The summed E-state index contributed by atoms with van der Waals surface area (Å²) >= 11 is 5.33. The highest BCUT2D eigenvalue weighted by Gasteiger charge is 1.98. The fourth-order valence-electron chi connectivity index (χ4n) is 1.30. The summed E-state index contributed by atoms with van der Waals surface area (Å²) in [4.78, 5) is 0. The van der Waals surface area contributed by atoms with Crippen LogP contribution < -0.4 is 0 Å². The average Bonchev–Trinajstić information content (AvgIpc) is 2.39. The molecule has 0 saturated carbocycles. The number of allylic oxidation sites excluding steroid dienone is 3. The highest BCUT2D eigenvalue weighted by atomic mass is 35.5. The van der Waals surface area contributed by atoms with Gasteiger partial charge in [0.1, 0.15) is 0 Å². The Balaban J connectivity index is 3.49. The molecule has 0 saturated heterocycles. The van der Waals surface area contributed by atoms with Crippen LogP contribution in [-0.4, -0.2) is 11.2 Å². The smallest absolute Gasteiger partial charge is 0.0537 e. The van der Waals surface area contributed by atoms with Crippen LogP contribution in [0.15, 0.2) is 23.8 Å². The maximum absolute atomic E-state index is 9.35. The maximum Gasteiger partial charge on any atom is 0.0537 e. The van der Waals surface area contributed by atoms with Crippen molar-refractivity contribution in [3.63, 3.8) is 0 Å². The van der Waals surface area contributed by atoms with E-state index in [9.17, 15) is 5.11 Å². The number of aliphatic hydroxyl groups is 1. The lowest BCUT2D eigenvalue weighted by molar-refractivity contribution is 0.156. The summed E-state index contributed by atoms with van der Waals surface area (Å²) in [5, 5.41) is 9.35. The first kappa shape index (κ1) is 16.9. The number of hydrogen-bond acceptors (Lipinski definition) is 1. The molecule has 0 aromatic carbocycles. The van der Waals surface area contributed by atoms with Gasteiger partial charge in [0.25, 0.3) is 0 Å². The second-order valence-corrected chi connectivity index (χ2v) is 4.16. The zero-order chi connectivity index (χ0) is 13.5. The van der Waals surface area contributed by atoms with E-state index in [0.717, 1.165) is 38.5 Å². The van der Waals surface area contributed by atoms with Gasteiger partial charge in [-0.2, -0.15) is 0 Å². The molecule has 98 valence electrons. The van der Waals surface area contributed by atoms with Gasteiger partial charge in [0.05, 0.1) is 6.10 Å². The molecule has 0 aromatic heterocycles. The molecule has 0 aliphatic heterocycles. The number of unbranched alkanes of at least 4 members (excludes halogenated alkanes) is 3. The summed E-state index contributed by atoms with van der Waals surface area (Å²) in [6.45, 7) is 2.01. The van der Waals surface area contributed by atoms with Gasteiger partial charge in [-0.1, -0.05) is 55.4 Å². The van der Waals surface area contributed by atoms with Crippen LogP contribution in [0.2, 0.25) is 0 Å². The van der Waals surface area contributed by atoms with E-state index in [2.05, 4.69) is 23.7 Å². The van der Waals surface area contributed by atoms with Crippen LogP contribution in [0.1, 0.15) is 45.4 Å². The van der Waals surface area contributed by atoms with Crippen molar-refractivity contribution in [1.29, 1.82) is 0 Å². The molecule has 0 aliphatic carbocycles. The predicted molar refractivity (Wildman–Crippen MR) is 79.1 cm³/mol. The zero-order valence-corrected chi connectivity index (χ0v) is 11.7. The molecule has 0 aromatic rings. The van der Waals surface area contributed by atoms with Crippen molar-refractivity contribution in [1.82, 2.24) is 0 Å². The fourth-order valence-corrected chi connectivity index (χ4v) is 1.39. The van der Waals surface area contributed by atoms with Gasteiger partial charge in [0, 0.05) is 12.0 Å². The molecule has 1 unspecified atom stereocenters. The number of halogens is 1. The Labute approximate surface area is 116 Å². The molecular formula is C16H21ClO. The van der Waals surface area contributed by atoms with Gasteiger partial charge >= 0.3 is 0 Å². The van der Waals surface area contributed by atoms with Crippen molar-refractivity contribution < 1.29 is 5.11 Å². The Bertz CT molecular complexity index is 360. The van der Waals surface area contributed by atoms with E-state index in [-0.39, 0.29) is 6.10 Å². The Kier molecular flexibility index (Phi) is 13.0. The third-order valence-corrected chi connectivity index (χ3v) is 2.54. The lowest BCUT2D eigenvalue weighted by atomic mass is 10.1. The monoisotopic (exact) mass is 264 g/mol. The van der Waals surface area contributed by atoms with E-state index < -0.39 is 0 Å². The molecule has 0 fully saturated rings. The molecular weight excluding hydrogens is 244 g/mol. The zero-order valence-electron chi connectivity index (χ0n) is 11.0. The van der Waals surface area contributed by atoms with Gasteiger partial charge in [-0.15, -0.1) is 0 Å². The van der Waals surface area contributed by atoms with Crippen molar-refractivity contribution in [2.45, 2.75) is 51.6 Å². The molecule has 0 amide bonds. The maximum atomic E-state index is 9.35. The van der Waals surface area contributed by atoms with Gasteiger partial charge in [0.2, 0.25) is 0 Å². The summed E-state index contributed by atoms with van der Waals surface area (Å²) in [6, 6.07) is 0. The summed E-state index contributed by atoms with van der Waals surface area (Å²) in [6.07, 6.45) is 11.0. The van der Waals surface area contributed by atoms with E-state index in [1.165, 1.54) is 5.54 Å². The number of hydrogen-bond donors (Lipinski definition) is 1. The van der Waals surface area contributed by atoms with E-state index in [4.69, 9.17) is 11.6 Å². The third kappa shape index (κ3) is 12.9. The van der Waals surface area contributed by atoms with Gasteiger partial charge in [-0.25, -0.2) is 0 Å². The Morgan fingerprint density at radius 3 is 2.72 bits per heavy atom. The van der Waals surface area contributed by atoms with Crippen LogP contribution in [0.4, 0.5) is 0 Å². The van der Waals surface area contributed by atoms with Gasteiger partial charge in [-0.05, 0) is 37.2 Å². The SMILES string of the molecule is CCC(O)CCCCCC#CC#C/C=C/C=C\Cl. The molecule has 0 bridgehead atoms.